The molecule has 0 aliphatic rings. The van der Waals surface area contributed by atoms with Crippen LogP contribution < -0.4 is 5.43 Å². The first kappa shape index (κ1) is 20.7. The van der Waals surface area contributed by atoms with E-state index in [0.717, 1.165) is 16.7 Å². The number of hydrogen-bond acceptors (Lipinski definition) is 5. The molecule has 0 bridgehead atoms. The maximum atomic E-state index is 12.5. The minimum absolute atomic E-state index is 0.173. The van der Waals surface area contributed by atoms with Crippen molar-refractivity contribution in [1.82, 2.24) is 9.29 Å². The van der Waals surface area contributed by atoms with Gasteiger partial charge in [-0.05, 0) is 28.8 Å². The molecule has 6 nitrogen and oxygen atoms in total. The molecule has 0 radical (unpaired) electrons. The van der Waals surface area contributed by atoms with Crippen LogP contribution in [0, 0.1) is 0 Å². The van der Waals surface area contributed by atoms with Crippen molar-refractivity contribution in [3.05, 3.63) is 78.5 Å². The van der Waals surface area contributed by atoms with Gasteiger partial charge in [-0.3, -0.25) is 5.43 Å². The summed E-state index contributed by atoms with van der Waals surface area (Å²) in [4.78, 5) is 4.32. The summed E-state index contributed by atoms with van der Waals surface area (Å²) in [6.45, 7) is 4.47. The number of hydrazone groups is 1. The molecule has 1 aromatic heterocycles. The zero-order chi connectivity index (χ0) is 20.7. The average molecular weight is 409 g/mol. The van der Waals surface area contributed by atoms with Gasteiger partial charge in [0.1, 0.15) is 10.7 Å². The van der Waals surface area contributed by atoms with E-state index in [9.17, 15) is 8.42 Å². The highest BCUT2D eigenvalue weighted by atomic mass is 32.2. The average Bonchev–Trinajstić information content (AvgIpc) is 2.76. The van der Waals surface area contributed by atoms with E-state index in [1.54, 1.807) is 12.3 Å². The summed E-state index contributed by atoms with van der Waals surface area (Å²) in [6, 6.07) is 21.4. The number of pyridine rings is 1. The fourth-order valence-electron chi connectivity index (χ4n) is 2.88. The van der Waals surface area contributed by atoms with Crippen LogP contribution in [0.2, 0.25) is 0 Å². The fraction of sp³-hybridized carbons (Fsp3) is 0.182. The van der Waals surface area contributed by atoms with Crippen LogP contribution >= 0.6 is 0 Å². The summed E-state index contributed by atoms with van der Waals surface area (Å²) in [5.41, 5.74) is 6.07. The lowest BCUT2D eigenvalue weighted by Gasteiger charge is -2.18. The smallest absolute Gasteiger partial charge is 0.244 e. The molecule has 29 heavy (non-hydrogen) atoms. The molecule has 2 aromatic carbocycles. The van der Waals surface area contributed by atoms with Crippen molar-refractivity contribution in [3.8, 4) is 11.1 Å². The molecule has 0 amide bonds. The van der Waals surface area contributed by atoms with Gasteiger partial charge in [0.05, 0.1) is 6.21 Å². The Kier molecular flexibility index (Phi) is 6.74. The number of rotatable bonds is 8. The van der Waals surface area contributed by atoms with Crippen molar-refractivity contribution in [2.45, 2.75) is 18.7 Å². The van der Waals surface area contributed by atoms with E-state index in [4.69, 9.17) is 0 Å². The molecule has 1 heterocycles. The van der Waals surface area contributed by atoms with Gasteiger partial charge in [0, 0.05) is 19.3 Å². The van der Waals surface area contributed by atoms with Gasteiger partial charge < -0.3 is 0 Å². The Bertz CT molecular complexity index is 1040. The quantitative estimate of drug-likeness (QED) is 0.447. The topological polar surface area (TPSA) is 74.7 Å². The lowest BCUT2D eigenvalue weighted by molar-refractivity contribution is 0.445. The van der Waals surface area contributed by atoms with Crippen LogP contribution in [0.25, 0.3) is 11.1 Å². The zero-order valence-electron chi connectivity index (χ0n) is 16.5. The molecule has 0 atom stereocenters. The largest absolute Gasteiger partial charge is 0.261 e. The second kappa shape index (κ2) is 9.45. The van der Waals surface area contributed by atoms with E-state index >= 15 is 0 Å². The Morgan fingerprint density at radius 1 is 0.931 bits per heavy atom. The van der Waals surface area contributed by atoms with E-state index < -0.39 is 10.0 Å². The summed E-state index contributed by atoms with van der Waals surface area (Å²) in [5.74, 6) is 0.473. The van der Waals surface area contributed by atoms with Gasteiger partial charge in [-0.25, -0.2) is 13.4 Å². The lowest BCUT2D eigenvalue weighted by atomic mass is 10.0. The number of nitrogens with one attached hydrogen (secondary N) is 1. The van der Waals surface area contributed by atoms with E-state index in [0.29, 0.717) is 18.9 Å². The zero-order valence-corrected chi connectivity index (χ0v) is 17.3. The van der Waals surface area contributed by atoms with Crippen LogP contribution in [0.1, 0.15) is 19.4 Å². The third-order valence-corrected chi connectivity index (χ3v) is 6.52. The van der Waals surface area contributed by atoms with Gasteiger partial charge in [-0.2, -0.15) is 9.41 Å². The molecule has 0 saturated carbocycles. The van der Waals surface area contributed by atoms with Crippen LogP contribution in [-0.4, -0.2) is 37.0 Å². The summed E-state index contributed by atoms with van der Waals surface area (Å²) < 4.78 is 26.3. The van der Waals surface area contributed by atoms with Gasteiger partial charge in [-0.15, -0.1) is 0 Å². The molecule has 0 aliphatic carbocycles. The number of anilines is 1. The van der Waals surface area contributed by atoms with Crippen LogP contribution in [0.5, 0.6) is 0 Å². The second-order valence-electron chi connectivity index (χ2n) is 6.33. The van der Waals surface area contributed by atoms with Gasteiger partial charge in [-0.1, -0.05) is 68.4 Å². The van der Waals surface area contributed by atoms with Crippen LogP contribution in [0.3, 0.4) is 0 Å². The Balaban J connectivity index is 1.63. The third kappa shape index (κ3) is 5.07. The van der Waals surface area contributed by atoms with Gasteiger partial charge in [0.25, 0.3) is 0 Å². The van der Waals surface area contributed by atoms with Crippen molar-refractivity contribution < 1.29 is 8.42 Å². The van der Waals surface area contributed by atoms with E-state index in [-0.39, 0.29) is 4.90 Å². The Morgan fingerprint density at radius 3 is 2.17 bits per heavy atom. The fourth-order valence-corrected chi connectivity index (χ4v) is 4.28. The summed E-state index contributed by atoms with van der Waals surface area (Å²) in [5, 5.41) is 4.18. The van der Waals surface area contributed by atoms with E-state index in [1.165, 1.54) is 16.6 Å². The predicted molar refractivity (Wildman–Crippen MR) is 117 cm³/mol. The first-order chi connectivity index (χ1) is 14.0. The molecule has 1 N–H and O–H groups in total. The molecule has 3 aromatic rings. The van der Waals surface area contributed by atoms with E-state index in [2.05, 4.69) is 27.6 Å². The first-order valence-corrected chi connectivity index (χ1v) is 10.9. The summed E-state index contributed by atoms with van der Waals surface area (Å²) >= 11 is 0. The highest BCUT2D eigenvalue weighted by molar-refractivity contribution is 7.89. The molecule has 0 saturated heterocycles. The first-order valence-electron chi connectivity index (χ1n) is 9.45. The molecule has 0 aliphatic heterocycles. The van der Waals surface area contributed by atoms with E-state index in [1.807, 2.05) is 56.3 Å². The van der Waals surface area contributed by atoms with Crippen molar-refractivity contribution in [1.29, 1.82) is 0 Å². The Labute approximate surface area is 172 Å². The van der Waals surface area contributed by atoms with Crippen molar-refractivity contribution in [3.63, 3.8) is 0 Å². The maximum absolute atomic E-state index is 12.5. The summed E-state index contributed by atoms with van der Waals surface area (Å²) in [6.07, 6.45) is 3.04. The molecular formula is C22H24N4O2S. The maximum Gasteiger partial charge on any atom is 0.244 e. The Morgan fingerprint density at radius 2 is 1.59 bits per heavy atom. The van der Waals surface area contributed by atoms with Gasteiger partial charge in [0.2, 0.25) is 10.0 Å². The van der Waals surface area contributed by atoms with Crippen LogP contribution in [0.15, 0.2) is 82.9 Å². The molecule has 150 valence electrons. The van der Waals surface area contributed by atoms with Crippen molar-refractivity contribution in [2.24, 2.45) is 5.10 Å². The number of aromatic nitrogens is 1. The number of nitrogens with zero attached hydrogens (tertiary/aromatic N) is 3. The number of sulfonamides is 1. The monoisotopic (exact) mass is 408 g/mol. The number of hydrogen-bond donors (Lipinski definition) is 1. The standard InChI is InChI=1S/C22H24N4O2S/c1-3-26(4-2)29(27,28)21-14-15-22(23-17-21)25-24-16-18-10-12-20(13-11-18)19-8-6-5-7-9-19/h5-17H,3-4H2,1-2H3,(H,23,25)/b24-16+. The normalized spacial score (nSPS) is 11.8. The van der Waals surface area contributed by atoms with Crippen LogP contribution in [0.4, 0.5) is 5.82 Å². The molecule has 3 rings (SSSR count). The highest BCUT2D eigenvalue weighted by Crippen LogP contribution is 2.19. The van der Waals surface area contributed by atoms with Gasteiger partial charge in [0.15, 0.2) is 0 Å². The number of benzene rings is 2. The van der Waals surface area contributed by atoms with Crippen molar-refractivity contribution in [2.75, 3.05) is 18.5 Å². The molecular weight excluding hydrogens is 384 g/mol. The minimum Gasteiger partial charge on any atom is -0.261 e. The molecule has 0 fully saturated rings. The second-order valence-corrected chi connectivity index (χ2v) is 8.26. The third-order valence-electron chi connectivity index (χ3n) is 4.49. The molecule has 0 spiro atoms. The van der Waals surface area contributed by atoms with Crippen LogP contribution in [-0.2, 0) is 10.0 Å². The SMILES string of the molecule is CCN(CC)S(=O)(=O)c1ccc(N/N=C/c2ccc(-c3ccccc3)cc2)nc1. The predicted octanol–water partition coefficient (Wildman–Crippen LogP) is 4.23. The highest BCUT2D eigenvalue weighted by Gasteiger charge is 2.21. The molecule has 0 unspecified atom stereocenters. The molecule has 7 heteroatoms. The van der Waals surface area contributed by atoms with Crippen molar-refractivity contribution >= 4 is 22.1 Å². The summed E-state index contributed by atoms with van der Waals surface area (Å²) in [7, 11) is -3.50. The lowest BCUT2D eigenvalue weighted by Crippen LogP contribution is -2.30. The van der Waals surface area contributed by atoms with Gasteiger partial charge >= 0.3 is 0 Å². The minimum atomic E-state index is -3.50. The Hall–Kier alpha value is -3.03.